The van der Waals surface area contributed by atoms with Crippen molar-refractivity contribution in [3.05, 3.63) is 41.1 Å². The van der Waals surface area contributed by atoms with Gasteiger partial charge in [0.1, 0.15) is 11.6 Å². The summed E-state index contributed by atoms with van der Waals surface area (Å²) < 4.78 is 5.86. The van der Waals surface area contributed by atoms with E-state index in [2.05, 4.69) is 65.4 Å². The minimum Gasteiger partial charge on any atom is -0.494 e. The molecule has 0 atom stereocenters. The Labute approximate surface area is 218 Å². The zero-order valence-corrected chi connectivity index (χ0v) is 22.8. The zero-order valence-electron chi connectivity index (χ0n) is 22.8. The standard InChI is InChI=1S/C29H46N6O/c1-33(2)18-10-22-36-25-15-13-24(14-16-25)23-34(3)21-17-30-29-31-27-12-7-6-11-26(27)28(32-29)35-19-8-4-5-9-20-35/h13-16H,4-12,17-23H2,1-3H3,(H,30,31,32). The number of anilines is 2. The molecule has 198 valence electrons. The summed E-state index contributed by atoms with van der Waals surface area (Å²) in [6.07, 6.45) is 11.0. The average Bonchev–Trinajstić information content (AvgIpc) is 3.17. The Hall–Kier alpha value is -2.38. The van der Waals surface area contributed by atoms with Crippen LogP contribution in [0.3, 0.4) is 0 Å². The van der Waals surface area contributed by atoms with Gasteiger partial charge in [-0.25, -0.2) is 4.98 Å². The highest BCUT2D eigenvalue weighted by Crippen LogP contribution is 2.30. The van der Waals surface area contributed by atoms with Crippen LogP contribution in [-0.2, 0) is 19.4 Å². The second-order valence-electron chi connectivity index (χ2n) is 10.7. The molecule has 1 aromatic heterocycles. The molecule has 0 unspecified atom stereocenters. The van der Waals surface area contributed by atoms with E-state index < -0.39 is 0 Å². The van der Waals surface area contributed by atoms with E-state index in [1.165, 1.54) is 61.2 Å². The molecule has 0 saturated carbocycles. The number of hydrogen-bond acceptors (Lipinski definition) is 7. The van der Waals surface area contributed by atoms with Crippen LogP contribution in [-0.4, -0.2) is 80.2 Å². The quantitative estimate of drug-likeness (QED) is 0.433. The van der Waals surface area contributed by atoms with Gasteiger partial charge in [-0.2, -0.15) is 4.98 Å². The first-order chi connectivity index (χ1) is 17.6. The van der Waals surface area contributed by atoms with Crippen molar-refractivity contribution in [2.24, 2.45) is 0 Å². The molecule has 7 heteroatoms. The molecule has 1 saturated heterocycles. The van der Waals surface area contributed by atoms with Gasteiger partial charge >= 0.3 is 0 Å². The molecule has 1 aliphatic carbocycles. The van der Waals surface area contributed by atoms with Crippen molar-refractivity contribution in [3.8, 4) is 5.75 Å². The molecule has 0 radical (unpaired) electrons. The lowest BCUT2D eigenvalue weighted by molar-refractivity contribution is 0.281. The molecular formula is C29H46N6O. The maximum absolute atomic E-state index is 5.86. The van der Waals surface area contributed by atoms with E-state index in [-0.39, 0.29) is 0 Å². The van der Waals surface area contributed by atoms with Crippen LogP contribution in [0.1, 0.15) is 61.8 Å². The summed E-state index contributed by atoms with van der Waals surface area (Å²) in [6.45, 7) is 6.74. The smallest absolute Gasteiger partial charge is 0.224 e. The fourth-order valence-corrected chi connectivity index (χ4v) is 5.21. The summed E-state index contributed by atoms with van der Waals surface area (Å²) in [6, 6.07) is 8.52. The number of fused-ring (bicyclic) bond motifs is 1. The molecule has 2 aliphatic rings. The van der Waals surface area contributed by atoms with E-state index in [1.54, 1.807) is 0 Å². The highest BCUT2D eigenvalue weighted by atomic mass is 16.5. The monoisotopic (exact) mass is 494 g/mol. The Morgan fingerprint density at radius 2 is 1.64 bits per heavy atom. The summed E-state index contributed by atoms with van der Waals surface area (Å²) >= 11 is 0. The van der Waals surface area contributed by atoms with Gasteiger partial charge in [-0.3, -0.25) is 0 Å². The van der Waals surface area contributed by atoms with Gasteiger partial charge < -0.3 is 24.8 Å². The lowest BCUT2D eigenvalue weighted by Crippen LogP contribution is -2.29. The van der Waals surface area contributed by atoms with Crippen molar-refractivity contribution >= 4 is 11.8 Å². The van der Waals surface area contributed by atoms with Gasteiger partial charge in [0.25, 0.3) is 0 Å². The predicted molar refractivity (Wildman–Crippen MR) is 149 cm³/mol. The van der Waals surface area contributed by atoms with Gasteiger partial charge in [-0.15, -0.1) is 0 Å². The first-order valence-electron chi connectivity index (χ1n) is 14.0. The Bertz CT molecular complexity index is 924. The molecular weight excluding hydrogens is 448 g/mol. The van der Waals surface area contributed by atoms with Crippen LogP contribution < -0.4 is 15.0 Å². The van der Waals surface area contributed by atoms with Crippen molar-refractivity contribution in [3.63, 3.8) is 0 Å². The Morgan fingerprint density at radius 1 is 0.889 bits per heavy atom. The Kier molecular flexibility index (Phi) is 10.2. The number of rotatable bonds is 12. The van der Waals surface area contributed by atoms with Crippen molar-refractivity contribution < 1.29 is 4.74 Å². The predicted octanol–water partition coefficient (Wildman–Crippen LogP) is 4.61. The third-order valence-corrected chi connectivity index (χ3v) is 7.24. The van der Waals surface area contributed by atoms with Crippen molar-refractivity contribution in [1.29, 1.82) is 0 Å². The third-order valence-electron chi connectivity index (χ3n) is 7.24. The highest BCUT2D eigenvalue weighted by molar-refractivity contribution is 5.53. The van der Waals surface area contributed by atoms with Gasteiger partial charge in [0.05, 0.1) is 12.3 Å². The number of ether oxygens (including phenoxy) is 1. The summed E-state index contributed by atoms with van der Waals surface area (Å²) in [4.78, 5) is 17.0. The minimum absolute atomic E-state index is 0.757. The van der Waals surface area contributed by atoms with Crippen molar-refractivity contribution in [2.45, 2.75) is 64.3 Å². The Balaban J connectivity index is 1.27. The normalized spacial score (nSPS) is 16.2. The fraction of sp³-hybridized carbons (Fsp3) is 0.655. The van der Waals surface area contributed by atoms with Gasteiger partial charge in [0.15, 0.2) is 0 Å². The zero-order chi connectivity index (χ0) is 25.2. The summed E-state index contributed by atoms with van der Waals surface area (Å²) in [7, 11) is 6.35. The average molecular weight is 495 g/mol. The first-order valence-corrected chi connectivity index (χ1v) is 14.0. The molecule has 2 aromatic rings. The molecule has 2 heterocycles. The summed E-state index contributed by atoms with van der Waals surface area (Å²) in [5.41, 5.74) is 3.98. The number of aryl methyl sites for hydroxylation is 1. The molecule has 1 N–H and O–H groups in total. The van der Waals surface area contributed by atoms with E-state index in [4.69, 9.17) is 14.7 Å². The van der Waals surface area contributed by atoms with Crippen LogP contribution in [0, 0.1) is 0 Å². The van der Waals surface area contributed by atoms with Crippen LogP contribution >= 0.6 is 0 Å². The lowest BCUT2D eigenvalue weighted by atomic mass is 9.96. The Morgan fingerprint density at radius 3 is 2.39 bits per heavy atom. The topological polar surface area (TPSA) is 56.8 Å². The fourth-order valence-electron chi connectivity index (χ4n) is 5.21. The van der Waals surface area contributed by atoms with E-state index in [9.17, 15) is 0 Å². The van der Waals surface area contributed by atoms with Crippen LogP contribution in [0.2, 0.25) is 0 Å². The number of benzene rings is 1. The van der Waals surface area contributed by atoms with Gasteiger partial charge in [-0.1, -0.05) is 25.0 Å². The first kappa shape index (κ1) is 26.7. The highest BCUT2D eigenvalue weighted by Gasteiger charge is 2.22. The van der Waals surface area contributed by atoms with Gasteiger partial charge in [-0.05, 0) is 83.8 Å². The second-order valence-corrected chi connectivity index (χ2v) is 10.7. The number of nitrogens with one attached hydrogen (secondary N) is 1. The van der Waals surface area contributed by atoms with Crippen molar-refractivity contribution in [1.82, 2.24) is 19.8 Å². The molecule has 36 heavy (non-hydrogen) atoms. The SMILES string of the molecule is CN(C)CCCOc1ccc(CN(C)CCNc2nc3c(c(N4CCCCCC4)n2)CCCC3)cc1. The van der Waals surface area contributed by atoms with E-state index in [0.717, 1.165) is 76.8 Å². The maximum Gasteiger partial charge on any atom is 0.224 e. The largest absolute Gasteiger partial charge is 0.494 e. The van der Waals surface area contributed by atoms with Crippen LogP contribution in [0.25, 0.3) is 0 Å². The van der Waals surface area contributed by atoms with E-state index in [1.807, 2.05) is 0 Å². The van der Waals surface area contributed by atoms with E-state index in [0.29, 0.717) is 0 Å². The summed E-state index contributed by atoms with van der Waals surface area (Å²) in [5.74, 6) is 2.96. The molecule has 4 rings (SSSR count). The second kappa shape index (κ2) is 13.8. The minimum atomic E-state index is 0.757. The van der Waals surface area contributed by atoms with Crippen LogP contribution in [0.15, 0.2) is 24.3 Å². The third kappa shape index (κ3) is 8.07. The molecule has 7 nitrogen and oxygen atoms in total. The number of hydrogen-bond donors (Lipinski definition) is 1. The van der Waals surface area contributed by atoms with Crippen molar-refractivity contribution in [2.75, 3.05) is 70.7 Å². The molecule has 0 amide bonds. The van der Waals surface area contributed by atoms with E-state index >= 15 is 0 Å². The molecule has 0 bridgehead atoms. The lowest BCUT2D eigenvalue weighted by Gasteiger charge is -2.28. The number of nitrogens with zero attached hydrogens (tertiary/aromatic N) is 5. The van der Waals surface area contributed by atoms with Gasteiger partial charge in [0, 0.05) is 44.8 Å². The van der Waals surface area contributed by atoms with Crippen LogP contribution in [0.5, 0.6) is 5.75 Å². The van der Waals surface area contributed by atoms with Gasteiger partial charge in [0.2, 0.25) is 5.95 Å². The molecule has 0 spiro atoms. The summed E-state index contributed by atoms with van der Waals surface area (Å²) in [5, 5.41) is 3.54. The van der Waals surface area contributed by atoms with Crippen LogP contribution in [0.4, 0.5) is 11.8 Å². The number of likely N-dealkylation sites (N-methyl/N-ethyl adjacent to an activating group) is 1. The molecule has 1 aliphatic heterocycles. The number of aromatic nitrogens is 2. The maximum atomic E-state index is 5.86. The molecule has 1 fully saturated rings. The molecule has 1 aromatic carbocycles.